The maximum atomic E-state index is 11.5. The van der Waals surface area contributed by atoms with Crippen LogP contribution in [-0.4, -0.2) is 49.0 Å². The fraction of sp³-hybridized carbons (Fsp3) is 0.280. The Kier molecular flexibility index (Phi) is 5.42. The molecule has 170 valence electrons. The number of carbonyl (C=O) groups is 1. The molecular formula is C25H25N3O5. The van der Waals surface area contributed by atoms with Crippen molar-refractivity contribution in [3.05, 3.63) is 48.5 Å². The van der Waals surface area contributed by atoms with Gasteiger partial charge in [0.1, 0.15) is 5.82 Å². The summed E-state index contributed by atoms with van der Waals surface area (Å²) in [7, 11) is 1.52. The Hall–Kier alpha value is -3.94. The molecule has 1 saturated heterocycles. The summed E-state index contributed by atoms with van der Waals surface area (Å²) in [4.78, 5) is 18.6. The summed E-state index contributed by atoms with van der Waals surface area (Å²) in [6, 6.07) is 15.1. The molecule has 0 radical (unpaired) electrons. The zero-order chi connectivity index (χ0) is 22.9. The fourth-order valence-electron chi connectivity index (χ4n) is 4.35. The molecule has 3 heterocycles. The number of fused-ring (bicyclic) bond motifs is 1. The lowest BCUT2D eigenvalue weighted by Crippen LogP contribution is -2.35. The summed E-state index contributed by atoms with van der Waals surface area (Å²) in [5, 5.41) is 13.0. The first-order chi connectivity index (χ1) is 16.0. The molecular weight excluding hydrogens is 422 g/mol. The summed E-state index contributed by atoms with van der Waals surface area (Å²) in [6.07, 6.45) is 0.853. The normalized spacial score (nSPS) is 16.7. The molecule has 2 aliphatic rings. The number of aromatic hydroxyl groups is 1. The number of aromatic nitrogens is 1. The number of ether oxygens (including phenoxy) is 3. The van der Waals surface area contributed by atoms with E-state index in [1.165, 1.54) is 14.0 Å². The number of hydrogen-bond donors (Lipinski definition) is 2. The molecule has 1 atom stereocenters. The molecule has 0 aliphatic carbocycles. The molecule has 33 heavy (non-hydrogen) atoms. The average Bonchev–Trinajstić information content (AvgIpc) is 3.48. The Bertz CT molecular complexity index is 1210. The standard InChI is InChI=1S/C25H25N3O5/c1-15(29)26-18-8-9-28(13-18)24-12-17(19-4-3-5-22-25(19)33-14-32-22)10-20(27-24)16-6-7-21(30)23(11-16)31-2/h3-7,10-12,18,30H,8-9,13-14H2,1-2H3,(H,26,29). The van der Waals surface area contributed by atoms with Crippen LogP contribution in [0.4, 0.5) is 5.82 Å². The Morgan fingerprint density at radius 2 is 2.06 bits per heavy atom. The molecule has 2 aliphatic heterocycles. The monoisotopic (exact) mass is 447 g/mol. The molecule has 8 heteroatoms. The van der Waals surface area contributed by atoms with Crippen LogP contribution in [0, 0.1) is 0 Å². The fourth-order valence-corrected chi connectivity index (χ4v) is 4.35. The van der Waals surface area contributed by atoms with E-state index in [0.29, 0.717) is 23.8 Å². The zero-order valence-electron chi connectivity index (χ0n) is 18.5. The molecule has 0 saturated carbocycles. The van der Waals surface area contributed by atoms with E-state index < -0.39 is 0 Å². The van der Waals surface area contributed by atoms with Gasteiger partial charge in [0, 0.05) is 37.2 Å². The number of nitrogens with zero attached hydrogens (tertiary/aromatic N) is 2. The number of nitrogens with one attached hydrogen (secondary N) is 1. The Morgan fingerprint density at radius 3 is 2.88 bits per heavy atom. The molecule has 1 fully saturated rings. The van der Waals surface area contributed by atoms with Gasteiger partial charge in [-0.1, -0.05) is 12.1 Å². The van der Waals surface area contributed by atoms with Gasteiger partial charge >= 0.3 is 0 Å². The number of rotatable bonds is 5. The summed E-state index contributed by atoms with van der Waals surface area (Å²) >= 11 is 0. The van der Waals surface area contributed by atoms with E-state index in [1.807, 2.05) is 36.4 Å². The van der Waals surface area contributed by atoms with Crippen molar-refractivity contribution < 1.29 is 24.1 Å². The molecule has 2 N–H and O–H groups in total. The molecule has 1 amide bonds. The number of para-hydroxylation sites is 1. The van der Waals surface area contributed by atoms with Crippen molar-refractivity contribution in [2.75, 3.05) is 31.9 Å². The highest BCUT2D eigenvalue weighted by molar-refractivity contribution is 5.80. The third-order valence-corrected chi connectivity index (χ3v) is 5.91. The highest BCUT2D eigenvalue weighted by Gasteiger charge is 2.26. The largest absolute Gasteiger partial charge is 0.504 e. The van der Waals surface area contributed by atoms with Gasteiger partial charge in [-0.3, -0.25) is 4.79 Å². The SMILES string of the molecule is COc1cc(-c2cc(-c3cccc4c3OCO4)cc(N3CCC(NC(C)=O)C3)n2)ccc1O. The first-order valence-corrected chi connectivity index (χ1v) is 10.8. The average molecular weight is 447 g/mol. The molecule has 8 nitrogen and oxygen atoms in total. The van der Waals surface area contributed by atoms with E-state index >= 15 is 0 Å². The molecule has 2 aromatic carbocycles. The minimum atomic E-state index is -0.0302. The minimum Gasteiger partial charge on any atom is -0.504 e. The van der Waals surface area contributed by atoms with E-state index in [-0.39, 0.29) is 24.5 Å². The van der Waals surface area contributed by atoms with Crippen LogP contribution in [-0.2, 0) is 4.79 Å². The number of benzene rings is 2. The van der Waals surface area contributed by atoms with Crippen LogP contribution in [0.5, 0.6) is 23.0 Å². The third kappa shape index (κ3) is 4.11. The Labute approximate surface area is 191 Å². The van der Waals surface area contributed by atoms with E-state index in [0.717, 1.165) is 41.2 Å². The van der Waals surface area contributed by atoms with Crippen LogP contribution in [0.1, 0.15) is 13.3 Å². The quantitative estimate of drug-likeness (QED) is 0.618. The second-order valence-corrected chi connectivity index (χ2v) is 8.16. The van der Waals surface area contributed by atoms with Crippen molar-refractivity contribution in [2.24, 2.45) is 0 Å². The lowest BCUT2D eigenvalue weighted by atomic mass is 10.0. The van der Waals surface area contributed by atoms with Crippen molar-refractivity contribution >= 4 is 11.7 Å². The van der Waals surface area contributed by atoms with Gasteiger partial charge in [-0.25, -0.2) is 4.98 Å². The number of pyridine rings is 1. The van der Waals surface area contributed by atoms with Crippen LogP contribution in [0.15, 0.2) is 48.5 Å². The zero-order valence-corrected chi connectivity index (χ0v) is 18.5. The van der Waals surface area contributed by atoms with Gasteiger partial charge in [-0.2, -0.15) is 0 Å². The molecule has 1 aromatic heterocycles. The molecule has 1 unspecified atom stereocenters. The van der Waals surface area contributed by atoms with Gasteiger partial charge in [-0.05, 0) is 48.4 Å². The van der Waals surface area contributed by atoms with Gasteiger partial charge < -0.3 is 29.5 Å². The second-order valence-electron chi connectivity index (χ2n) is 8.16. The maximum Gasteiger partial charge on any atom is 0.231 e. The summed E-state index contributed by atoms with van der Waals surface area (Å²) in [5.41, 5.74) is 3.40. The smallest absolute Gasteiger partial charge is 0.231 e. The van der Waals surface area contributed by atoms with Gasteiger partial charge in [0.2, 0.25) is 12.7 Å². The van der Waals surface area contributed by atoms with Crippen LogP contribution >= 0.6 is 0 Å². The number of methoxy groups -OCH3 is 1. The molecule has 0 spiro atoms. The van der Waals surface area contributed by atoms with Crippen molar-refractivity contribution in [2.45, 2.75) is 19.4 Å². The van der Waals surface area contributed by atoms with Crippen molar-refractivity contribution in [1.82, 2.24) is 10.3 Å². The number of carbonyl (C=O) groups excluding carboxylic acids is 1. The predicted molar refractivity (Wildman–Crippen MR) is 124 cm³/mol. The topological polar surface area (TPSA) is 93.2 Å². The van der Waals surface area contributed by atoms with Crippen molar-refractivity contribution in [3.63, 3.8) is 0 Å². The first-order valence-electron chi connectivity index (χ1n) is 10.8. The third-order valence-electron chi connectivity index (χ3n) is 5.91. The number of hydrogen-bond acceptors (Lipinski definition) is 7. The highest BCUT2D eigenvalue weighted by atomic mass is 16.7. The summed E-state index contributed by atoms with van der Waals surface area (Å²) < 4.78 is 16.6. The molecule has 5 rings (SSSR count). The second kappa shape index (κ2) is 8.54. The van der Waals surface area contributed by atoms with Gasteiger partial charge in [-0.15, -0.1) is 0 Å². The Balaban J connectivity index is 1.60. The van der Waals surface area contributed by atoms with E-state index in [9.17, 15) is 9.90 Å². The highest BCUT2D eigenvalue weighted by Crippen LogP contribution is 2.43. The van der Waals surface area contributed by atoms with Crippen LogP contribution in [0.2, 0.25) is 0 Å². The van der Waals surface area contributed by atoms with Crippen molar-refractivity contribution in [1.29, 1.82) is 0 Å². The number of phenolic OH excluding ortho intramolecular Hbond substituents is 1. The lowest BCUT2D eigenvalue weighted by molar-refractivity contribution is -0.119. The summed E-state index contributed by atoms with van der Waals surface area (Å²) in [6.45, 7) is 3.19. The van der Waals surface area contributed by atoms with Crippen LogP contribution in [0.3, 0.4) is 0 Å². The van der Waals surface area contributed by atoms with Gasteiger partial charge in [0.05, 0.1) is 12.8 Å². The number of phenols is 1. The van der Waals surface area contributed by atoms with E-state index in [4.69, 9.17) is 19.2 Å². The summed E-state index contributed by atoms with van der Waals surface area (Å²) in [5.74, 6) is 2.65. The van der Waals surface area contributed by atoms with Gasteiger partial charge in [0.15, 0.2) is 23.0 Å². The predicted octanol–water partition coefficient (Wildman–Crippen LogP) is 3.57. The van der Waals surface area contributed by atoms with Gasteiger partial charge in [0.25, 0.3) is 0 Å². The first kappa shape index (κ1) is 20.9. The van der Waals surface area contributed by atoms with Crippen LogP contribution in [0.25, 0.3) is 22.4 Å². The van der Waals surface area contributed by atoms with E-state index in [2.05, 4.69) is 10.2 Å². The van der Waals surface area contributed by atoms with Crippen molar-refractivity contribution in [3.8, 4) is 45.4 Å². The van der Waals surface area contributed by atoms with Crippen LogP contribution < -0.4 is 24.4 Å². The Morgan fingerprint density at radius 1 is 1.18 bits per heavy atom. The molecule has 0 bridgehead atoms. The molecule has 3 aromatic rings. The minimum absolute atomic E-state index is 0.0302. The lowest BCUT2D eigenvalue weighted by Gasteiger charge is -2.20. The number of anilines is 1. The number of amides is 1. The van der Waals surface area contributed by atoms with E-state index in [1.54, 1.807) is 12.1 Å². The maximum absolute atomic E-state index is 11.5.